The number of hydrogen-bond acceptors (Lipinski definition) is 4. The van der Waals surface area contributed by atoms with Gasteiger partial charge >= 0.3 is 0 Å². The largest absolute Gasteiger partial charge is 0.497 e. The lowest BCUT2D eigenvalue weighted by Crippen LogP contribution is -2.41. The first-order valence-corrected chi connectivity index (χ1v) is 8.85. The van der Waals surface area contributed by atoms with Gasteiger partial charge in [0, 0.05) is 10.4 Å². The normalized spacial score (nSPS) is 13.5. The molecule has 2 aromatic rings. The molecule has 1 aromatic carbocycles. The Bertz CT molecular complexity index is 714. The quantitative estimate of drug-likeness (QED) is 0.664. The highest BCUT2D eigenvalue weighted by atomic mass is 32.1. The van der Waals surface area contributed by atoms with Crippen molar-refractivity contribution in [3.8, 4) is 5.75 Å². The minimum absolute atomic E-state index is 0.269. The highest BCUT2D eigenvalue weighted by Gasteiger charge is 2.17. The maximum atomic E-state index is 12.2. The second-order valence-electron chi connectivity index (χ2n) is 5.76. The molecule has 0 spiro atoms. The Kier molecular flexibility index (Phi) is 5.15. The summed E-state index contributed by atoms with van der Waals surface area (Å²) in [6.45, 7) is 0. The van der Waals surface area contributed by atoms with E-state index in [-0.39, 0.29) is 11.8 Å². The zero-order valence-corrected chi connectivity index (χ0v) is 14.4. The molecule has 1 aliphatic carbocycles. The van der Waals surface area contributed by atoms with Crippen LogP contribution < -0.4 is 15.6 Å². The summed E-state index contributed by atoms with van der Waals surface area (Å²) in [5.41, 5.74) is 6.68. The molecule has 0 bridgehead atoms. The van der Waals surface area contributed by atoms with Gasteiger partial charge in [0.25, 0.3) is 11.8 Å². The van der Waals surface area contributed by atoms with E-state index in [0.717, 1.165) is 12.8 Å². The predicted molar refractivity (Wildman–Crippen MR) is 93.5 cm³/mol. The van der Waals surface area contributed by atoms with Gasteiger partial charge in [-0.15, -0.1) is 11.3 Å². The van der Waals surface area contributed by atoms with E-state index < -0.39 is 0 Å². The lowest BCUT2D eigenvalue weighted by atomic mass is 10.1. The van der Waals surface area contributed by atoms with Crippen LogP contribution in [0.4, 0.5) is 0 Å². The van der Waals surface area contributed by atoms with E-state index in [4.69, 9.17) is 4.74 Å². The fraction of sp³-hybridized carbons (Fsp3) is 0.333. The number of fused-ring (bicyclic) bond motifs is 1. The van der Waals surface area contributed by atoms with Crippen molar-refractivity contribution in [2.75, 3.05) is 7.11 Å². The van der Waals surface area contributed by atoms with Crippen LogP contribution in [-0.4, -0.2) is 18.9 Å². The Hall–Kier alpha value is -2.34. The minimum atomic E-state index is -0.357. The number of thiophene rings is 1. The van der Waals surface area contributed by atoms with Crippen molar-refractivity contribution in [3.05, 3.63) is 51.2 Å². The summed E-state index contributed by atoms with van der Waals surface area (Å²) < 4.78 is 5.05. The molecule has 2 amide bonds. The first kappa shape index (κ1) is 16.5. The molecule has 0 saturated carbocycles. The van der Waals surface area contributed by atoms with E-state index in [1.165, 1.54) is 41.0 Å². The van der Waals surface area contributed by atoms with Crippen LogP contribution in [-0.2, 0) is 12.8 Å². The molecule has 24 heavy (non-hydrogen) atoms. The Morgan fingerprint density at radius 3 is 2.46 bits per heavy atom. The summed E-state index contributed by atoms with van der Waals surface area (Å²) >= 11 is 1.53. The molecule has 2 N–H and O–H groups in total. The van der Waals surface area contributed by atoms with Crippen molar-refractivity contribution in [2.45, 2.75) is 32.1 Å². The van der Waals surface area contributed by atoms with Crippen LogP contribution in [0.2, 0.25) is 0 Å². The molecule has 6 heteroatoms. The third-order valence-corrected chi connectivity index (χ3v) is 5.35. The Labute approximate surface area is 145 Å². The number of methoxy groups -OCH3 is 1. The monoisotopic (exact) mass is 344 g/mol. The SMILES string of the molecule is COc1ccc(C(=O)NNC(=O)c2cc3c(s2)CCCCC3)cc1. The van der Waals surface area contributed by atoms with Gasteiger partial charge in [-0.05, 0) is 61.6 Å². The summed E-state index contributed by atoms with van der Waals surface area (Å²) in [7, 11) is 1.57. The molecule has 5 nitrogen and oxygen atoms in total. The van der Waals surface area contributed by atoms with Crippen LogP contribution in [0.1, 0.15) is 49.7 Å². The highest BCUT2D eigenvalue weighted by Crippen LogP contribution is 2.28. The van der Waals surface area contributed by atoms with Gasteiger partial charge in [-0.25, -0.2) is 0 Å². The van der Waals surface area contributed by atoms with Crippen molar-refractivity contribution in [1.82, 2.24) is 10.9 Å². The third kappa shape index (κ3) is 3.76. The number of hydrogen-bond donors (Lipinski definition) is 2. The van der Waals surface area contributed by atoms with Gasteiger partial charge in [0.2, 0.25) is 0 Å². The average molecular weight is 344 g/mol. The summed E-state index contributed by atoms with van der Waals surface area (Å²) in [4.78, 5) is 26.3. The minimum Gasteiger partial charge on any atom is -0.497 e. The van der Waals surface area contributed by atoms with Gasteiger partial charge in [-0.1, -0.05) is 6.42 Å². The fourth-order valence-corrected chi connectivity index (χ4v) is 3.92. The molecule has 1 aromatic heterocycles. The first-order valence-electron chi connectivity index (χ1n) is 8.03. The number of rotatable bonds is 3. The Morgan fingerprint density at radius 2 is 1.71 bits per heavy atom. The molecule has 0 saturated heterocycles. The number of aryl methyl sites for hydroxylation is 2. The molecular formula is C18H20N2O3S. The van der Waals surface area contributed by atoms with E-state index >= 15 is 0 Å². The van der Waals surface area contributed by atoms with Crippen LogP contribution in [0, 0.1) is 0 Å². The Morgan fingerprint density at radius 1 is 1.00 bits per heavy atom. The van der Waals surface area contributed by atoms with Crippen LogP contribution in [0.15, 0.2) is 30.3 Å². The molecule has 0 fully saturated rings. The highest BCUT2D eigenvalue weighted by molar-refractivity contribution is 7.14. The van der Waals surface area contributed by atoms with E-state index in [9.17, 15) is 9.59 Å². The molecule has 0 unspecified atom stereocenters. The van der Waals surface area contributed by atoms with Crippen molar-refractivity contribution >= 4 is 23.2 Å². The number of nitrogens with one attached hydrogen (secondary N) is 2. The smallest absolute Gasteiger partial charge is 0.279 e. The number of ether oxygens (including phenoxy) is 1. The van der Waals surface area contributed by atoms with E-state index in [1.807, 2.05) is 6.07 Å². The molecule has 0 aliphatic heterocycles. The number of benzene rings is 1. The van der Waals surface area contributed by atoms with Crippen molar-refractivity contribution in [1.29, 1.82) is 0 Å². The van der Waals surface area contributed by atoms with Gasteiger partial charge in [0.1, 0.15) is 5.75 Å². The Balaban J connectivity index is 1.59. The maximum Gasteiger partial charge on any atom is 0.279 e. The summed E-state index contributed by atoms with van der Waals surface area (Å²) in [5.74, 6) is 0.0507. The average Bonchev–Trinajstić information content (AvgIpc) is 2.90. The summed E-state index contributed by atoms with van der Waals surface area (Å²) in [5, 5.41) is 0. The number of carbonyl (C=O) groups excluding carboxylic acids is 2. The third-order valence-electron chi connectivity index (χ3n) is 4.11. The molecule has 0 atom stereocenters. The van der Waals surface area contributed by atoms with E-state index in [1.54, 1.807) is 31.4 Å². The van der Waals surface area contributed by atoms with Crippen LogP contribution in [0.3, 0.4) is 0 Å². The second kappa shape index (κ2) is 7.49. The standard InChI is InChI=1S/C18H20N2O3S/c1-23-14-9-7-12(8-10-14)17(21)19-20-18(22)16-11-13-5-3-2-4-6-15(13)24-16/h7-11H,2-6H2,1H3,(H,19,21)(H,20,22). The number of carbonyl (C=O) groups is 2. The maximum absolute atomic E-state index is 12.2. The van der Waals surface area contributed by atoms with Gasteiger partial charge < -0.3 is 4.74 Å². The van der Waals surface area contributed by atoms with Gasteiger partial charge in [0.15, 0.2) is 0 Å². The number of amides is 2. The molecule has 1 aliphatic rings. The summed E-state index contributed by atoms with van der Waals surface area (Å²) in [6.07, 6.45) is 5.70. The van der Waals surface area contributed by atoms with Gasteiger partial charge in [-0.2, -0.15) is 0 Å². The zero-order chi connectivity index (χ0) is 16.9. The van der Waals surface area contributed by atoms with Gasteiger partial charge in [-0.3, -0.25) is 20.4 Å². The summed E-state index contributed by atoms with van der Waals surface area (Å²) in [6, 6.07) is 8.65. The van der Waals surface area contributed by atoms with Gasteiger partial charge in [0.05, 0.1) is 12.0 Å². The first-order chi connectivity index (χ1) is 11.7. The lowest BCUT2D eigenvalue weighted by Gasteiger charge is -2.07. The predicted octanol–water partition coefficient (Wildman–Crippen LogP) is 3.10. The van der Waals surface area contributed by atoms with Crippen LogP contribution in [0.25, 0.3) is 0 Å². The number of hydrazine groups is 1. The molecule has 1 heterocycles. The van der Waals surface area contributed by atoms with E-state index in [2.05, 4.69) is 10.9 Å². The topological polar surface area (TPSA) is 67.4 Å². The van der Waals surface area contributed by atoms with E-state index in [0.29, 0.717) is 16.2 Å². The van der Waals surface area contributed by atoms with Crippen LogP contribution >= 0.6 is 11.3 Å². The molecule has 3 rings (SSSR count). The van der Waals surface area contributed by atoms with Crippen molar-refractivity contribution in [3.63, 3.8) is 0 Å². The second-order valence-corrected chi connectivity index (χ2v) is 6.89. The van der Waals surface area contributed by atoms with Crippen molar-refractivity contribution in [2.24, 2.45) is 0 Å². The van der Waals surface area contributed by atoms with Crippen LogP contribution in [0.5, 0.6) is 5.75 Å². The molecule has 126 valence electrons. The zero-order valence-electron chi connectivity index (χ0n) is 13.6. The fourth-order valence-electron chi connectivity index (χ4n) is 2.77. The molecule has 0 radical (unpaired) electrons. The van der Waals surface area contributed by atoms with Crippen molar-refractivity contribution < 1.29 is 14.3 Å². The lowest BCUT2D eigenvalue weighted by molar-refractivity contribution is 0.0849. The molecular weight excluding hydrogens is 324 g/mol.